The maximum Gasteiger partial charge on any atom is 0.254 e. The summed E-state index contributed by atoms with van der Waals surface area (Å²) in [6.45, 7) is 3.07. The third kappa shape index (κ3) is 3.52. The zero-order chi connectivity index (χ0) is 15.9. The van der Waals surface area contributed by atoms with E-state index in [4.69, 9.17) is 4.74 Å². The first-order chi connectivity index (χ1) is 10.7. The predicted octanol–water partition coefficient (Wildman–Crippen LogP) is 3.17. The molecule has 0 spiro atoms. The molecule has 114 valence electrons. The molecular weight excluding hydrogens is 278 g/mol. The normalized spacial score (nSPS) is 10.1. The van der Waals surface area contributed by atoms with Crippen LogP contribution in [0.2, 0.25) is 0 Å². The molecule has 2 aromatic carbocycles. The van der Waals surface area contributed by atoms with E-state index < -0.39 is 0 Å². The van der Waals surface area contributed by atoms with E-state index in [1.807, 2.05) is 37.3 Å². The number of nitrogens with zero attached hydrogens (tertiary/aromatic N) is 1. The molecule has 2 rings (SSSR count). The van der Waals surface area contributed by atoms with Crippen LogP contribution in [-0.2, 0) is 6.54 Å². The number of benzene rings is 2. The van der Waals surface area contributed by atoms with Crippen molar-refractivity contribution in [1.82, 2.24) is 4.90 Å². The summed E-state index contributed by atoms with van der Waals surface area (Å²) < 4.78 is 5.10. The molecule has 0 saturated heterocycles. The van der Waals surface area contributed by atoms with Crippen molar-refractivity contribution in [3.05, 3.63) is 65.2 Å². The van der Waals surface area contributed by atoms with E-state index in [2.05, 4.69) is 0 Å². The Morgan fingerprint density at radius 2 is 1.91 bits per heavy atom. The van der Waals surface area contributed by atoms with Gasteiger partial charge in [-0.15, -0.1) is 0 Å². The molecule has 0 atom stereocenters. The van der Waals surface area contributed by atoms with E-state index >= 15 is 0 Å². The van der Waals surface area contributed by atoms with Crippen molar-refractivity contribution in [2.45, 2.75) is 13.5 Å². The van der Waals surface area contributed by atoms with Gasteiger partial charge in [-0.3, -0.25) is 9.59 Å². The van der Waals surface area contributed by atoms with Crippen LogP contribution in [0.4, 0.5) is 0 Å². The van der Waals surface area contributed by atoms with Crippen LogP contribution < -0.4 is 4.74 Å². The van der Waals surface area contributed by atoms with E-state index in [1.54, 1.807) is 23.1 Å². The van der Waals surface area contributed by atoms with Crippen LogP contribution in [-0.4, -0.2) is 30.7 Å². The van der Waals surface area contributed by atoms with Gasteiger partial charge in [0.15, 0.2) is 6.29 Å². The maximum atomic E-state index is 12.6. The highest BCUT2D eigenvalue weighted by molar-refractivity contribution is 5.96. The number of aldehydes is 1. The Morgan fingerprint density at radius 3 is 2.50 bits per heavy atom. The number of amides is 1. The quantitative estimate of drug-likeness (QED) is 0.769. The first kappa shape index (κ1) is 15.8. The molecule has 0 saturated carbocycles. The number of carbonyl (C=O) groups is 2. The lowest BCUT2D eigenvalue weighted by Gasteiger charge is -2.21. The molecule has 0 aliphatic heterocycles. The second-order valence-corrected chi connectivity index (χ2v) is 4.88. The van der Waals surface area contributed by atoms with Crippen LogP contribution in [0.5, 0.6) is 5.75 Å². The van der Waals surface area contributed by atoms with Gasteiger partial charge in [0.2, 0.25) is 0 Å². The van der Waals surface area contributed by atoms with Gasteiger partial charge < -0.3 is 9.64 Å². The molecule has 2 aromatic rings. The highest BCUT2D eigenvalue weighted by Crippen LogP contribution is 2.19. The topological polar surface area (TPSA) is 46.6 Å². The number of rotatable bonds is 6. The first-order valence-corrected chi connectivity index (χ1v) is 7.16. The molecule has 1 amide bonds. The molecule has 0 aliphatic rings. The number of carbonyl (C=O) groups excluding carboxylic acids is 2. The zero-order valence-corrected chi connectivity index (χ0v) is 12.8. The molecule has 0 aliphatic carbocycles. The van der Waals surface area contributed by atoms with Gasteiger partial charge in [-0.2, -0.15) is 0 Å². The molecule has 0 heterocycles. The standard InChI is InChI=1S/C18H19NO3/c1-3-19(12-14-7-5-4-6-8-14)18(21)15-9-10-17(22-2)16(11-15)13-20/h4-11,13H,3,12H2,1-2H3. The largest absolute Gasteiger partial charge is 0.496 e. The maximum absolute atomic E-state index is 12.6. The Kier molecular flexibility index (Phi) is 5.31. The fourth-order valence-electron chi connectivity index (χ4n) is 2.27. The molecule has 22 heavy (non-hydrogen) atoms. The lowest BCUT2D eigenvalue weighted by Crippen LogP contribution is -2.30. The molecule has 4 heteroatoms. The van der Waals surface area contributed by atoms with Crippen molar-refractivity contribution in [3.63, 3.8) is 0 Å². The van der Waals surface area contributed by atoms with Crippen molar-refractivity contribution < 1.29 is 14.3 Å². The summed E-state index contributed by atoms with van der Waals surface area (Å²) in [5.74, 6) is 0.370. The number of hydrogen-bond acceptors (Lipinski definition) is 3. The SMILES string of the molecule is CCN(Cc1ccccc1)C(=O)c1ccc(OC)c(C=O)c1. The van der Waals surface area contributed by atoms with Crippen LogP contribution in [0, 0.1) is 0 Å². The minimum absolute atomic E-state index is 0.0999. The van der Waals surface area contributed by atoms with Gasteiger partial charge in [-0.25, -0.2) is 0 Å². The third-order valence-corrected chi connectivity index (χ3v) is 3.49. The average molecular weight is 297 g/mol. The van der Waals surface area contributed by atoms with Crippen LogP contribution in [0.3, 0.4) is 0 Å². The van der Waals surface area contributed by atoms with Crippen molar-refractivity contribution in [1.29, 1.82) is 0 Å². The molecule has 0 aromatic heterocycles. The number of methoxy groups -OCH3 is 1. The second-order valence-electron chi connectivity index (χ2n) is 4.88. The van der Waals surface area contributed by atoms with Gasteiger partial charge in [-0.05, 0) is 30.7 Å². The monoisotopic (exact) mass is 297 g/mol. The Labute approximate surface area is 130 Å². The van der Waals surface area contributed by atoms with Crippen molar-refractivity contribution >= 4 is 12.2 Å². The van der Waals surface area contributed by atoms with Gasteiger partial charge in [-0.1, -0.05) is 30.3 Å². The average Bonchev–Trinajstić information content (AvgIpc) is 2.59. The van der Waals surface area contributed by atoms with Gasteiger partial charge in [0.25, 0.3) is 5.91 Å². The fraction of sp³-hybridized carbons (Fsp3) is 0.222. The lowest BCUT2D eigenvalue weighted by molar-refractivity contribution is 0.0752. The van der Waals surface area contributed by atoms with Crippen molar-refractivity contribution in [3.8, 4) is 5.75 Å². The lowest BCUT2D eigenvalue weighted by atomic mass is 10.1. The molecular formula is C18H19NO3. The summed E-state index contributed by atoms with van der Waals surface area (Å²) in [5.41, 5.74) is 1.94. The highest BCUT2D eigenvalue weighted by atomic mass is 16.5. The minimum Gasteiger partial charge on any atom is -0.496 e. The van der Waals surface area contributed by atoms with Gasteiger partial charge in [0.05, 0.1) is 12.7 Å². The van der Waals surface area contributed by atoms with Crippen LogP contribution in [0.25, 0.3) is 0 Å². The minimum atomic E-state index is -0.0999. The summed E-state index contributed by atoms with van der Waals surface area (Å²) in [6.07, 6.45) is 0.698. The Morgan fingerprint density at radius 1 is 1.18 bits per heavy atom. The zero-order valence-electron chi connectivity index (χ0n) is 12.8. The number of ether oxygens (including phenoxy) is 1. The van der Waals surface area contributed by atoms with Crippen LogP contribution >= 0.6 is 0 Å². The number of hydrogen-bond donors (Lipinski definition) is 0. The molecule has 0 radical (unpaired) electrons. The van der Waals surface area contributed by atoms with Crippen LogP contribution in [0.15, 0.2) is 48.5 Å². The first-order valence-electron chi connectivity index (χ1n) is 7.16. The van der Waals surface area contributed by atoms with E-state index in [9.17, 15) is 9.59 Å². The van der Waals surface area contributed by atoms with E-state index in [0.29, 0.717) is 36.3 Å². The van der Waals surface area contributed by atoms with E-state index in [-0.39, 0.29) is 5.91 Å². The highest BCUT2D eigenvalue weighted by Gasteiger charge is 2.16. The van der Waals surface area contributed by atoms with Gasteiger partial charge in [0, 0.05) is 18.7 Å². The third-order valence-electron chi connectivity index (χ3n) is 3.49. The summed E-state index contributed by atoms with van der Waals surface area (Å²) in [6, 6.07) is 14.7. The molecule has 0 bridgehead atoms. The molecule has 4 nitrogen and oxygen atoms in total. The van der Waals surface area contributed by atoms with Crippen molar-refractivity contribution in [2.24, 2.45) is 0 Å². The van der Waals surface area contributed by atoms with E-state index in [1.165, 1.54) is 7.11 Å². The summed E-state index contributed by atoms with van der Waals surface area (Å²) in [5, 5.41) is 0. The second kappa shape index (κ2) is 7.41. The summed E-state index contributed by atoms with van der Waals surface area (Å²) >= 11 is 0. The Balaban J connectivity index is 2.23. The van der Waals surface area contributed by atoms with Gasteiger partial charge in [0.1, 0.15) is 5.75 Å². The fourth-order valence-corrected chi connectivity index (χ4v) is 2.27. The molecule has 0 unspecified atom stereocenters. The van der Waals surface area contributed by atoms with Gasteiger partial charge >= 0.3 is 0 Å². The smallest absolute Gasteiger partial charge is 0.254 e. The molecule has 0 fully saturated rings. The summed E-state index contributed by atoms with van der Waals surface area (Å²) in [7, 11) is 1.50. The Hall–Kier alpha value is -2.62. The van der Waals surface area contributed by atoms with Crippen molar-refractivity contribution in [2.75, 3.05) is 13.7 Å². The molecule has 0 N–H and O–H groups in total. The van der Waals surface area contributed by atoms with E-state index in [0.717, 1.165) is 5.56 Å². The van der Waals surface area contributed by atoms with Crippen LogP contribution in [0.1, 0.15) is 33.2 Å². The predicted molar refractivity (Wildman–Crippen MR) is 85.2 cm³/mol. The Bertz CT molecular complexity index is 653. The summed E-state index contributed by atoms with van der Waals surface area (Å²) in [4.78, 5) is 25.4.